The Morgan fingerprint density at radius 2 is 0.900 bits per heavy atom. The Kier molecular flexibility index (Phi) is 6.33. The third-order valence-corrected chi connectivity index (χ3v) is 9.91. The van der Waals surface area contributed by atoms with Gasteiger partial charge in [0.15, 0.2) is 17.5 Å². The maximum atomic E-state index is 6.54. The molecule has 3 heterocycles. The highest BCUT2D eigenvalue weighted by Crippen LogP contribution is 2.62. The van der Waals surface area contributed by atoms with Gasteiger partial charge in [-0.3, -0.25) is 4.98 Å². The van der Waals surface area contributed by atoms with E-state index in [9.17, 15) is 0 Å². The minimum atomic E-state index is -0.576. The summed E-state index contributed by atoms with van der Waals surface area (Å²) < 4.78 is 6.54. The molecule has 234 valence electrons. The fraction of sp³-hybridized carbons (Fsp3) is 0.0222. The van der Waals surface area contributed by atoms with Crippen LogP contribution in [0.5, 0.6) is 11.5 Å². The molecule has 0 N–H and O–H groups in total. The third-order valence-electron chi connectivity index (χ3n) is 9.91. The van der Waals surface area contributed by atoms with Gasteiger partial charge in [0, 0.05) is 40.2 Å². The lowest BCUT2D eigenvalue weighted by Gasteiger charge is -2.39. The summed E-state index contributed by atoms with van der Waals surface area (Å²) in [5, 5.41) is 0. The molecule has 0 saturated heterocycles. The molecule has 10 rings (SSSR count). The zero-order chi connectivity index (χ0) is 33.1. The van der Waals surface area contributed by atoms with Crippen LogP contribution in [0.15, 0.2) is 170 Å². The van der Waals surface area contributed by atoms with Crippen LogP contribution in [0.25, 0.3) is 56.4 Å². The summed E-state index contributed by atoms with van der Waals surface area (Å²) >= 11 is 0. The van der Waals surface area contributed by atoms with Crippen molar-refractivity contribution in [1.82, 2.24) is 19.9 Å². The van der Waals surface area contributed by atoms with Gasteiger partial charge in [0.05, 0.1) is 5.41 Å². The molecule has 0 unspecified atom stereocenters. The number of hydrogen-bond acceptors (Lipinski definition) is 5. The number of pyridine rings is 1. The minimum Gasteiger partial charge on any atom is -0.457 e. The van der Waals surface area contributed by atoms with Crippen LogP contribution >= 0.6 is 0 Å². The normalized spacial score (nSPS) is 13.1. The van der Waals surface area contributed by atoms with Crippen LogP contribution in [0.4, 0.5) is 0 Å². The van der Waals surface area contributed by atoms with Gasteiger partial charge in [-0.15, -0.1) is 0 Å². The number of benzene rings is 6. The molecule has 2 aromatic heterocycles. The molecule has 0 radical (unpaired) electrons. The van der Waals surface area contributed by atoms with Crippen molar-refractivity contribution in [1.29, 1.82) is 0 Å². The number of ether oxygens (including phenoxy) is 1. The van der Waals surface area contributed by atoms with Crippen LogP contribution < -0.4 is 4.74 Å². The van der Waals surface area contributed by atoms with E-state index in [0.717, 1.165) is 50.4 Å². The van der Waals surface area contributed by atoms with Crippen LogP contribution in [0, 0.1) is 0 Å². The molecule has 0 atom stereocenters. The lowest BCUT2D eigenvalue weighted by atomic mass is 9.66. The first-order valence-corrected chi connectivity index (χ1v) is 16.7. The largest absolute Gasteiger partial charge is 0.457 e. The summed E-state index contributed by atoms with van der Waals surface area (Å²) in [4.78, 5) is 19.5. The van der Waals surface area contributed by atoms with Crippen molar-refractivity contribution in [3.8, 4) is 67.9 Å². The Bertz CT molecular complexity index is 2520. The maximum absolute atomic E-state index is 6.54. The maximum Gasteiger partial charge on any atom is 0.164 e. The SMILES string of the molecule is c1ccc(-c2nc(-c3ccc(-c4cccnc4)cc3)nc(-c3ccc4c(c3)C3(c5ccccc5Oc5ccccc53)c3ccccc3-4)n2)cc1. The Morgan fingerprint density at radius 1 is 0.380 bits per heavy atom. The van der Waals surface area contributed by atoms with Crippen molar-refractivity contribution < 1.29 is 4.74 Å². The second-order valence-corrected chi connectivity index (χ2v) is 12.6. The van der Waals surface area contributed by atoms with Gasteiger partial charge in [-0.1, -0.05) is 133 Å². The summed E-state index contributed by atoms with van der Waals surface area (Å²) in [6.45, 7) is 0. The average molecular weight is 641 g/mol. The number of para-hydroxylation sites is 2. The zero-order valence-corrected chi connectivity index (χ0v) is 26.9. The van der Waals surface area contributed by atoms with Gasteiger partial charge in [-0.2, -0.15) is 0 Å². The van der Waals surface area contributed by atoms with Crippen LogP contribution in [0.3, 0.4) is 0 Å². The summed E-state index contributed by atoms with van der Waals surface area (Å²) in [7, 11) is 0. The predicted octanol–water partition coefficient (Wildman–Crippen LogP) is 10.4. The fourth-order valence-corrected chi connectivity index (χ4v) is 7.69. The van der Waals surface area contributed by atoms with Crippen molar-refractivity contribution >= 4 is 0 Å². The van der Waals surface area contributed by atoms with Gasteiger partial charge in [0.25, 0.3) is 0 Å². The van der Waals surface area contributed by atoms with Gasteiger partial charge in [0.2, 0.25) is 0 Å². The first-order valence-electron chi connectivity index (χ1n) is 16.7. The molecule has 5 heteroatoms. The molecule has 1 aliphatic carbocycles. The van der Waals surface area contributed by atoms with Crippen LogP contribution in [-0.2, 0) is 5.41 Å². The summed E-state index contributed by atoms with van der Waals surface area (Å²) in [5.41, 5.74) is 11.4. The molecule has 5 nitrogen and oxygen atoms in total. The highest BCUT2D eigenvalue weighted by molar-refractivity contribution is 5.90. The molecule has 6 aromatic carbocycles. The van der Waals surface area contributed by atoms with E-state index in [1.165, 1.54) is 22.3 Å². The Hall–Kier alpha value is -6.72. The monoisotopic (exact) mass is 640 g/mol. The number of aromatic nitrogens is 4. The van der Waals surface area contributed by atoms with Gasteiger partial charge in [0.1, 0.15) is 11.5 Å². The first kappa shape index (κ1) is 28.3. The van der Waals surface area contributed by atoms with Crippen molar-refractivity contribution in [2.24, 2.45) is 0 Å². The molecule has 1 spiro atoms. The van der Waals surface area contributed by atoms with Crippen LogP contribution in [0.1, 0.15) is 22.3 Å². The first-order chi connectivity index (χ1) is 24.8. The van der Waals surface area contributed by atoms with Gasteiger partial charge < -0.3 is 4.74 Å². The molecule has 50 heavy (non-hydrogen) atoms. The van der Waals surface area contributed by atoms with Gasteiger partial charge >= 0.3 is 0 Å². The van der Waals surface area contributed by atoms with Gasteiger partial charge in [-0.05, 0) is 57.6 Å². The molecule has 2 aliphatic rings. The zero-order valence-electron chi connectivity index (χ0n) is 26.9. The minimum absolute atomic E-state index is 0.576. The van der Waals surface area contributed by atoms with Crippen molar-refractivity contribution in [2.45, 2.75) is 5.41 Å². The van der Waals surface area contributed by atoms with E-state index in [4.69, 9.17) is 19.7 Å². The third kappa shape index (κ3) is 4.27. The fourth-order valence-electron chi connectivity index (χ4n) is 7.69. The quantitative estimate of drug-likeness (QED) is 0.192. The Labute approximate surface area is 289 Å². The number of hydrogen-bond donors (Lipinski definition) is 0. The van der Waals surface area contributed by atoms with E-state index in [2.05, 4.69) is 114 Å². The summed E-state index contributed by atoms with van der Waals surface area (Å²) in [6, 6.07) is 54.7. The standard InChI is InChI=1S/C45H28N4O/c1-2-11-30(12-3-1)42-47-43(31-22-20-29(21-23-31)33-13-10-26-46-28-33)49-44(48-42)32-24-25-35-34-14-4-5-15-36(34)45(39(35)27-32)37-16-6-8-18-40(37)50-41-19-9-7-17-38(41)45/h1-28H. The molecule has 0 bridgehead atoms. The highest BCUT2D eigenvalue weighted by Gasteiger charge is 2.51. The summed E-state index contributed by atoms with van der Waals surface area (Å²) in [5.74, 6) is 3.59. The topological polar surface area (TPSA) is 60.8 Å². The highest BCUT2D eigenvalue weighted by atomic mass is 16.5. The number of fused-ring (bicyclic) bond motifs is 9. The van der Waals surface area contributed by atoms with Gasteiger partial charge in [-0.25, -0.2) is 15.0 Å². The van der Waals surface area contributed by atoms with Crippen molar-refractivity contribution in [3.05, 3.63) is 192 Å². The molecule has 1 aliphatic heterocycles. The van der Waals surface area contributed by atoms with Crippen molar-refractivity contribution in [3.63, 3.8) is 0 Å². The van der Waals surface area contributed by atoms with Crippen LogP contribution in [0.2, 0.25) is 0 Å². The average Bonchev–Trinajstić information content (AvgIpc) is 3.48. The number of nitrogens with zero attached hydrogens (tertiary/aromatic N) is 4. The second kappa shape index (κ2) is 11.2. The predicted molar refractivity (Wildman–Crippen MR) is 197 cm³/mol. The van der Waals surface area contributed by atoms with Crippen molar-refractivity contribution in [2.75, 3.05) is 0 Å². The molecule has 0 fully saturated rings. The van der Waals surface area contributed by atoms with E-state index in [1.807, 2.05) is 54.7 Å². The van der Waals surface area contributed by atoms with Crippen LogP contribution in [-0.4, -0.2) is 19.9 Å². The lowest BCUT2D eigenvalue weighted by molar-refractivity contribution is 0.436. The van der Waals surface area contributed by atoms with E-state index < -0.39 is 5.41 Å². The Morgan fingerprint density at radius 3 is 1.58 bits per heavy atom. The van der Waals surface area contributed by atoms with E-state index in [-0.39, 0.29) is 0 Å². The van der Waals surface area contributed by atoms with E-state index >= 15 is 0 Å². The molecule has 0 amide bonds. The Balaban J connectivity index is 1.19. The number of rotatable bonds is 4. The summed E-state index contributed by atoms with van der Waals surface area (Å²) in [6.07, 6.45) is 3.66. The molecule has 0 saturated carbocycles. The lowest BCUT2D eigenvalue weighted by Crippen LogP contribution is -2.32. The second-order valence-electron chi connectivity index (χ2n) is 12.6. The van der Waals surface area contributed by atoms with E-state index in [1.54, 1.807) is 6.20 Å². The molecular formula is C45H28N4O. The molecular weight excluding hydrogens is 613 g/mol. The van der Waals surface area contributed by atoms with E-state index in [0.29, 0.717) is 17.5 Å². The smallest absolute Gasteiger partial charge is 0.164 e. The molecule has 8 aromatic rings.